The number of pyridine rings is 2. The quantitative estimate of drug-likeness (QED) is 0.506. The highest BCUT2D eigenvalue weighted by Gasteiger charge is 2.12. The fraction of sp³-hybridized carbons (Fsp3) is 0.118. The predicted octanol–water partition coefficient (Wildman–Crippen LogP) is 4.72. The fourth-order valence-corrected chi connectivity index (χ4v) is 2.65. The Morgan fingerprint density at radius 3 is 2.74 bits per heavy atom. The van der Waals surface area contributed by atoms with Gasteiger partial charge >= 0.3 is 0 Å². The fourth-order valence-electron chi connectivity index (χ4n) is 2.14. The van der Waals surface area contributed by atoms with Gasteiger partial charge in [-0.25, -0.2) is 4.98 Å². The summed E-state index contributed by atoms with van der Waals surface area (Å²) >= 11 is 12.3. The first kappa shape index (κ1) is 15.7. The van der Waals surface area contributed by atoms with Crippen molar-refractivity contribution in [2.75, 3.05) is 0 Å². The third-order valence-electron chi connectivity index (χ3n) is 3.30. The number of ether oxygens (including phenoxy) is 1. The van der Waals surface area contributed by atoms with E-state index in [0.29, 0.717) is 28.5 Å². The van der Waals surface area contributed by atoms with Gasteiger partial charge in [0, 0.05) is 17.6 Å². The van der Waals surface area contributed by atoms with Crippen LogP contribution in [-0.2, 0) is 6.61 Å². The Labute approximate surface area is 143 Å². The van der Waals surface area contributed by atoms with Gasteiger partial charge in [0.25, 0.3) is 0 Å². The monoisotopic (exact) mass is 346 g/mol. The van der Waals surface area contributed by atoms with Gasteiger partial charge < -0.3 is 4.74 Å². The molecule has 116 valence electrons. The van der Waals surface area contributed by atoms with Crippen LogP contribution in [0, 0.1) is 0 Å². The highest BCUT2D eigenvalue weighted by molar-refractivity contribution is 6.34. The normalized spacial score (nSPS) is 10.7. The first-order chi connectivity index (χ1) is 11.0. The van der Waals surface area contributed by atoms with Gasteiger partial charge in [-0.3, -0.25) is 9.78 Å². The van der Waals surface area contributed by atoms with Crippen LogP contribution in [0.5, 0.6) is 5.75 Å². The van der Waals surface area contributed by atoms with E-state index >= 15 is 0 Å². The third kappa shape index (κ3) is 3.44. The third-order valence-corrected chi connectivity index (χ3v) is 3.89. The van der Waals surface area contributed by atoms with Gasteiger partial charge in [0.2, 0.25) is 0 Å². The summed E-state index contributed by atoms with van der Waals surface area (Å²) in [6.07, 6.45) is 1.70. The van der Waals surface area contributed by atoms with Crippen molar-refractivity contribution >= 4 is 39.9 Å². The molecule has 0 N–H and O–H groups in total. The molecule has 0 radical (unpaired) electrons. The Bertz CT molecular complexity index is 883. The van der Waals surface area contributed by atoms with E-state index in [4.69, 9.17) is 27.9 Å². The Kier molecular flexibility index (Phi) is 4.46. The van der Waals surface area contributed by atoms with E-state index < -0.39 is 0 Å². The summed E-state index contributed by atoms with van der Waals surface area (Å²) in [6, 6.07) is 10.7. The standard InChI is InChI=1S/C17H12Cl2N2O2/c1-10(22)13-6-11-7-14(18)16(8-15(11)21-17(13)19)23-9-12-4-2-3-5-20-12/h2-8H,9H2,1H3. The Balaban J connectivity index is 1.94. The molecule has 1 aromatic carbocycles. The molecule has 0 aliphatic carbocycles. The zero-order valence-corrected chi connectivity index (χ0v) is 13.7. The van der Waals surface area contributed by atoms with Gasteiger partial charge in [0.1, 0.15) is 17.5 Å². The molecule has 0 atom stereocenters. The van der Waals surface area contributed by atoms with Crippen molar-refractivity contribution < 1.29 is 9.53 Å². The number of fused-ring (bicyclic) bond motifs is 1. The molecule has 2 aromatic heterocycles. The number of aromatic nitrogens is 2. The van der Waals surface area contributed by atoms with Gasteiger partial charge in [-0.1, -0.05) is 29.3 Å². The zero-order valence-electron chi connectivity index (χ0n) is 12.2. The number of benzene rings is 1. The van der Waals surface area contributed by atoms with Crippen LogP contribution in [-0.4, -0.2) is 15.8 Å². The maximum absolute atomic E-state index is 11.5. The number of rotatable bonds is 4. The molecule has 2 heterocycles. The molecule has 0 spiro atoms. The summed E-state index contributed by atoms with van der Waals surface area (Å²) < 4.78 is 5.70. The van der Waals surface area contributed by atoms with Crippen LogP contribution in [0.15, 0.2) is 42.6 Å². The van der Waals surface area contributed by atoms with Crippen molar-refractivity contribution in [2.24, 2.45) is 0 Å². The van der Waals surface area contributed by atoms with E-state index in [9.17, 15) is 4.79 Å². The average molecular weight is 347 g/mol. The van der Waals surface area contributed by atoms with Crippen LogP contribution in [0.1, 0.15) is 23.0 Å². The minimum atomic E-state index is -0.143. The number of carbonyl (C=O) groups excluding carboxylic acids is 1. The number of halogens is 2. The topological polar surface area (TPSA) is 52.1 Å². The van der Waals surface area contributed by atoms with Crippen molar-refractivity contribution in [1.82, 2.24) is 9.97 Å². The zero-order chi connectivity index (χ0) is 16.4. The van der Waals surface area contributed by atoms with Crippen LogP contribution in [0.3, 0.4) is 0 Å². The number of nitrogens with zero attached hydrogens (tertiary/aromatic N) is 2. The largest absolute Gasteiger partial charge is 0.486 e. The van der Waals surface area contributed by atoms with Crippen molar-refractivity contribution in [1.29, 1.82) is 0 Å². The molecule has 0 unspecified atom stereocenters. The highest BCUT2D eigenvalue weighted by atomic mass is 35.5. The highest BCUT2D eigenvalue weighted by Crippen LogP contribution is 2.31. The summed E-state index contributed by atoms with van der Waals surface area (Å²) in [5.74, 6) is 0.347. The maximum atomic E-state index is 11.5. The van der Waals surface area contributed by atoms with E-state index in [1.165, 1.54) is 6.92 Å². The molecule has 4 nitrogen and oxygen atoms in total. The molecule has 0 fully saturated rings. The second-order valence-corrected chi connectivity index (χ2v) is 5.73. The van der Waals surface area contributed by atoms with Gasteiger partial charge in [-0.15, -0.1) is 0 Å². The van der Waals surface area contributed by atoms with Crippen molar-refractivity contribution in [3.63, 3.8) is 0 Å². The Morgan fingerprint density at radius 2 is 2.04 bits per heavy atom. The lowest BCUT2D eigenvalue weighted by atomic mass is 10.1. The van der Waals surface area contributed by atoms with E-state index in [2.05, 4.69) is 9.97 Å². The summed E-state index contributed by atoms with van der Waals surface area (Å²) in [7, 11) is 0. The molecule has 0 amide bonds. The first-order valence-electron chi connectivity index (χ1n) is 6.88. The molecule has 3 aromatic rings. The summed E-state index contributed by atoms with van der Waals surface area (Å²) in [4.78, 5) is 20.0. The predicted molar refractivity (Wildman–Crippen MR) is 90.3 cm³/mol. The average Bonchev–Trinajstić information content (AvgIpc) is 2.53. The summed E-state index contributed by atoms with van der Waals surface area (Å²) in [6.45, 7) is 1.74. The molecular formula is C17H12Cl2N2O2. The van der Waals surface area contributed by atoms with E-state index in [-0.39, 0.29) is 10.9 Å². The van der Waals surface area contributed by atoms with Crippen LogP contribution >= 0.6 is 23.2 Å². The lowest BCUT2D eigenvalue weighted by Gasteiger charge is -2.10. The lowest BCUT2D eigenvalue weighted by molar-refractivity contribution is 0.101. The number of carbonyl (C=O) groups is 1. The molecule has 0 saturated carbocycles. The van der Waals surface area contributed by atoms with Gasteiger partial charge in [-0.05, 0) is 31.2 Å². The second-order valence-electron chi connectivity index (χ2n) is 4.97. The SMILES string of the molecule is CC(=O)c1cc2cc(Cl)c(OCc3ccccn3)cc2nc1Cl. The first-order valence-corrected chi connectivity index (χ1v) is 7.63. The van der Waals surface area contributed by atoms with Crippen molar-refractivity contribution in [3.8, 4) is 5.75 Å². The number of Topliss-reactive ketones (excluding diaryl/α,β-unsaturated/α-hetero) is 1. The van der Waals surface area contributed by atoms with Crippen molar-refractivity contribution in [3.05, 3.63) is 64.0 Å². The Hall–Kier alpha value is -2.17. The smallest absolute Gasteiger partial charge is 0.162 e. The number of hydrogen-bond donors (Lipinski definition) is 0. The Morgan fingerprint density at radius 1 is 1.22 bits per heavy atom. The molecule has 0 saturated heterocycles. The van der Waals surface area contributed by atoms with E-state index in [0.717, 1.165) is 11.1 Å². The minimum absolute atomic E-state index is 0.143. The molecule has 6 heteroatoms. The van der Waals surface area contributed by atoms with Gasteiger partial charge in [-0.2, -0.15) is 0 Å². The summed E-state index contributed by atoms with van der Waals surface area (Å²) in [5.41, 5.74) is 1.78. The number of ketones is 1. The summed E-state index contributed by atoms with van der Waals surface area (Å²) in [5, 5.41) is 1.34. The molecule has 0 aliphatic rings. The van der Waals surface area contributed by atoms with Crippen molar-refractivity contribution in [2.45, 2.75) is 13.5 Å². The van der Waals surface area contributed by atoms with Crippen LogP contribution in [0.2, 0.25) is 10.2 Å². The van der Waals surface area contributed by atoms with Gasteiger partial charge in [0.05, 0.1) is 21.8 Å². The van der Waals surface area contributed by atoms with E-state index in [1.54, 1.807) is 24.4 Å². The maximum Gasteiger partial charge on any atom is 0.162 e. The second kappa shape index (κ2) is 6.52. The molecular weight excluding hydrogens is 335 g/mol. The van der Waals surface area contributed by atoms with Crippen LogP contribution in [0.25, 0.3) is 10.9 Å². The number of hydrogen-bond acceptors (Lipinski definition) is 4. The molecule has 0 aliphatic heterocycles. The minimum Gasteiger partial charge on any atom is -0.486 e. The lowest BCUT2D eigenvalue weighted by Crippen LogP contribution is -1.99. The van der Waals surface area contributed by atoms with Gasteiger partial charge in [0.15, 0.2) is 5.78 Å². The molecule has 0 bridgehead atoms. The van der Waals surface area contributed by atoms with E-state index in [1.807, 2.05) is 18.2 Å². The molecule has 23 heavy (non-hydrogen) atoms. The van der Waals surface area contributed by atoms with Crippen LogP contribution in [0.4, 0.5) is 0 Å². The molecule has 3 rings (SSSR count). The van der Waals surface area contributed by atoms with Crippen LogP contribution < -0.4 is 4.74 Å².